The van der Waals surface area contributed by atoms with Gasteiger partial charge >= 0.3 is 0 Å². The fourth-order valence-corrected chi connectivity index (χ4v) is 5.22. The third-order valence-electron chi connectivity index (χ3n) is 6.16. The normalized spacial score (nSPS) is 14.8. The summed E-state index contributed by atoms with van der Waals surface area (Å²) in [5.41, 5.74) is 13.2. The van der Waals surface area contributed by atoms with Gasteiger partial charge in [0.25, 0.3) is 0 Å². The Morgan fingerprint density at radius 1 is 1.16 bits per heavy atom. The van der Waals surface area contributed by atoms with Crippen LogP contribution in [-0.2, 0) is 11.3 Å². The minimum Gasteiger partial charge on any atom is -0.383 e. The summed E-state index contributed by atoms with van der Waals surface area (Å²) >= 11 is 1.59. The minimum absolute atomic E-state index is 0.408. The van der Waals surface area contributed by atoms with E-state index in [0.29, 0.717) is 18.3 Å². The fraction of sp³-hybridized carbons (Fsp3) is 0.320. The summed E-state index contributed by atoms with van der Waals surface area (Å²) in [6.07, 6.45) is 5.75. The summed E-state index contributed by atoms with van der Waals surface area (Å²) in [5.74, 6) is 0.950. The lowest BCUT2D eigenvalue weighted by Crippen LogP contribution is -2.16. The van der Waals surface area contributed by atoms with Gasteiger partial charge in [-0.1, -0.05) is 12.1 Å². The summed E-state index contributed by atoms with van der Waals surface area (Å²) in [5, 5.41) is 8.42. The standard InChI is InChI=1S/C25H27N5OS/c1-15-3-4-17(13-29-15)18-11-19(16-5-8-31-9-6-16)22-20(12-18)24(26)30-23(21(22)14-27-2)25-28-7-10-32-25/h3-4,7,10-13,16,27H,5-6,8-9,14H2,1-2H3,(H2,26,30). The van der Waals surface area contributed by atoms with Gasteiger partial charge < -0.3 is 15.8 Å². The molecule has 1 fully saturated rings. The van der Waals surface area contributed by atoms with Gasteiger partial charge in [-0.25, -0.2) is 9.97 Å². The molecule has 4 aromatic rings. The SMILES string of the molecule is CNCc1c(-c2nccs2)nc(N)c2cc(-c3ccc(C)nc3)cc(C3CCOCC3)c12. The molecular formula is C25H27N5OS. The Balaban J connectivity index is 1.82. The van der Waals surface area contributed by atoms with Crippen molar-refractivity contribution in [2.45, 2.75) is 32.2 Å². The second-order valence-electron chi connectivity index (χ2n) is 8.25. The second-order valence-corrected chi connectivity index (χ2v) is 9.15. The van der Waals surface area contributed by atoms with Crippen molar-refractivity contribution in [3.8, 4) is 21.8 Å². The topological polar surface area (TPSA) is 86.0 Å². The number of aryl methyl sites for hydroxylation is 1. The van der Waals surface area contributed by atoms with Crippen LogP contribution in [0.25, 0.3) is 32.6 Å². The van der Waals surface area contributed by atoms with Crippen molar-refractivity contribution in [1.29, 1.82) is 0 Å². The van der Waals surface area contributed by atoms with Gasteiger partial charge in [0.05, 0.1) is 0 Å². The van der Waals surface area contributed by atoms with Crippen LogP contribution in [-0.4, -0.2) is 35.2 Å². The highest BCUT2D eigenvalue weighted by molar-refractivity contribution is 7.13. The van der Waals surface area contributed by atoms with E-state index in [-0.39, 0.29) is 0 Å². The molecule has 5 rings (SSSR count). The number of hydrogen-bond donors (Lipinski definition) is 2. The highest BCUT2D eigenvalue weighted by Crippen LogP contribution is 2.42. The summed E-state index contributed by atoms with van der Waals surface area (Å²) in [7, 11) is 1.97. The first-order valence-corrected chi connectivity index (χ1v) is 11.8. The van der Waals surface area contributed by atoms with E-state index in [2.05, 4.69) is 33.5 Å². The number of hydrogen-bond acceptors (Lipinski definition) is 7. The largest absolute Gasteiger partial charge is 0.383 e. The Morgan fingerprint density at radius 2 is 2.00 bits per heavy atom. The predicted molar refractivity (Wildman–Crippen MR) is 131 cm³/mol. The highest BCUT2D eigenvalue weighted by Gasteiger charge is 2.24. The van der Waals surface area contributed by atoms with Crippen LogP contribution in [0.5, 0.6) is 0 Å². The van der Waals surface area contributed by atoms with Crippen molar-refractivity contribution in [3.05, 3.63) is 58.9 Å². The van der Waals surface area contributed by atoms with Gasteiger partial charge in [0.15, 0.2) is 0 Å². The molecule has 0 aliphatic carbocycles. The van der Waals surface area contributed by atoms with E-state index in [9.17, 15) is 0 Å². The maximum Gasteiger partial charge on any atom is 0.142 e. The molecule has 0 bridgehead atoms. The number of nitrogens with zero attached hydrogens (tertiary/aromatic N) is 3. The maximum atomic E-state index is 6.60. The first-order chi connectivity index (χ1) is 15.7. The third-order valence-corrected chi connectivity index (χ3v) is 6.94. The van der Waals surface area contributed by atoms with Gasteiger partial charge in [-0.15, -0.1) is 11.3 Å². The van der Waals surface area contributed by atoms with E-state index in [0.717, 1.165) is 64.5 Å². The van der Waals surface area contributed by atoms with Crippen LogP contribution >= 0.6 is 11.3 Å². The highest BCUT2D eigenvalue weighted by atomic mass is 32.1. The molecule has 0 atom stereocenters. The van der Waals surface area contributed by atoms with Crippen molar-refractivity contribution in [1.82, 2.24) is 20.3 Å². The molecule has 0 saturated carbocycles. The number of aromatic nitrogens is 3. The molecule has 164 valence electrons. The molecule has 1 aliphatic heterocycles. The molecule has 3 N–H and O–H groups in total. The number of benzene rings is 1. The smallest absolute Gasteiger partial charge is 0.142 e. The van der Waals surface area contributed by atoms with Crippen molar-refractivity contribution in [2.75, 3.05) is 26.0 Å². The summed E-state index contributed by atoms with van der Waals surface area (Å²) in [4.78, 5) is 13.9. The summed E-state index contributed by atoms with van der Waals surface area (Å²) < 4.78 is 5.68. The van der Waals surface area contributed by atoms with Crippen LogP contribution in [0, 0.1) is 6.92 Å². The van der Waals surface area contributed by atoms with E-state index in [1.54, 1.807) is 11.3 Å². The van der Waals surface area contributed by atoms with Crippen molar-refractivity contribution in [3.63, 3.8) is 0 Å². The van der Waals surface area contributed by atoms with Gasteiger partial charge in [0.1, 0.15) is 16.5 Å². The summed E-state index contributed by atoms with van der Waals surface area (Å²) in [6, 6.07) is 8.67. The zero-order chi connectivity index (χ0) is 22.1. The average molecular weight is 446 g/mol. The predicted octanol–water partition coefficient (Wildman–Crippen LogP) is 4.92. The molecule has 32 heavy (non-hydrogen) atoms. The van der Waals surface area contributed by atoms with Crippen LogP contribution in [0.15, 0.2) is 42.0 Å². The number of nitrogen functional groups attached to an aromatic ring is 1. The molecule has 1 aromatic carbocycles. The Bertz CT molecular complexity index is 1230. The van der Waals surface area contributed by atoms with Crippen LogP contribution in [0.1, 0.15) is 35.6 Å². The van der Waals surface area contributed by atoms with Gasteiger partial charge in [-0.2, -0.15) is 0 Å². The molecule has 0 spiro atoms. The third kappa shape index (κ3) is 3.88. The number of anilines is 1. The van der Waals surface area contributed by atoms with Crippen LogP contribution in [0.4, 0.5) is 5.82 Å². The quantitative estimate of drug-likeness (QED) is 0.453. The van der Waals surface area contributed by atoms with E-state index >= 15 is 0 Å². The number of nitrogens with two attached hydrogens (primary N) is 1. The number of ether oxygens (including phenoxy) is 1. The van der Waals surface area contributed by atoms with Crippen molar-refractivity contribution >= 4 is 27.9 Å². The van der Waals surface area contributed by atoms with Crippen LogP contribution < -0.4 is 11.1 Å². The summed E-state index contributed by atoms with van der Waals surface area (Å²) in [6.45, 7) is 4.26. The lowest BCUT2D eigenvalue weighted by Gasteiger charge is -2.26. The zero-order valence-corrected chi connectivity index (χ0v) is 19.2. The Hall–Kier alpha value is -2.87. The lowest BCUT2D eigenvalue weighted by atomic mass is 9.84. The van der Waals surface area contributed by atoms with E-state index < -0.39 is 0 Å². The van der Waals surface area contributed by atoms with Gasteiger partial charge in [0.2, 0.25) is 0 Å². The molecule has 1 saturated heterocycles. The zero-order valence-electron chi connectivity index (χ0n) is 18.4. The Labute approximate surface area is 191 Å². The molecular weight excluding hydrogens is 418 g/mol. The number of thiazole rings is 1. The van der Waals surface area contributed by atoms with Gasteiger partial charge in [-0.3, -0.25) is 4.98 Å². The maximum absolute atomic E-state index is 6.60. The molecule has 1 aliphatic rings. The molecule has 0 radical (unpaired) electrons. The first kappa shape index (κ1) is 21.0. The van der Waals surface area contributed by atoms with E-state index in [4.69, 9.17) is 15.5 Å². The average Bonchev–Trinajstić information content (AvgIpc) is 3.36. The monoisotopic (exact) mass is 445 g/mol. The van der Waals surface area contributed by atoms with Crippen LogP contribution in [0.2, 0.25) is 0 Å². The van der Waals surface area contributed by atoms with E-state index in [1.165, 1.54) is 10.9 Å². The fourth-order valence-electron chi connectivity index (χ4n) is 4.57. The lowest BCUT2D eigenvalue weighted by molar-refractivity contribution is 0.0856. The minimum atomic E-state index is 0.408. The molecule has 7 heteroatoms. The molecule has 0 unspecified atom stereocenters. The Morgan fingerprint density at radius 3 is 2.69 bits per heavy atom. The Kier molecular flexibility index (Phi) is 5.87. The van der Waals surface area contributed by atoms with Crippen molar-refractivity contribution < 1.29 is 4.74 Å². The first-order valence-electron chi connectivity index (χ1n) is 11.0. The molecule has 6 nitrogen and oxygen atoms in total. The van der Waals surface area contributed by atoms with Gasteiger partial charge in [0, 0.05) is 59.7 Å². The van der Waals surface area contributed by atoms with Gasteiger partial charge in [-0.05, 0) is 61.4 Å². The number of nitrogens with one attached hydrogen (secondary N) is 1. The second kappa shape index (κ2) is 8.94. The van der Waals surface area contributed by atoms with Crippen molar-refractivity contribution in [2.24, 2.45) is 0 Å². The van der Waals surface area contributed by atoms with E-state index in [1.807, 2.05) is 37.8 Å². The number of rotatable bonds is 5. The van der Waals surface area contributed by atoms with Crippen LogP contribution in [0.3, 0.4) is 0 Å². The molecule has 3 aromatic heterocycles. The molecule has 0 amide bonds. The number of pyridine rings is 2. The number of fused-ring (bicyclic) bond motifs is 1. The molecule has 4 heterocycles.